The quantitative estimate of drug-likeness (QED) is 0.848. The molecule has 1 aromatic rings. The minimum atomic E-state index is 0.0874. The predicted molar refractivity (Wildman–Crippen MR) is 66.1 cm³/mol. The first-order valence-electron chi connectivity index (χ1n) is 4.97. The Labute approximate surface area is 95.5 Å². The highest BCUT2D eigenvalue weighted by molar-refractivity contribution is 7.99. The summed E-state index contributed by atoms with van der Waals surface area (Å²) in [5.74, 6) is 1.52. The third-order valence-electron chi connectivity index (χ3n) is 2.06. The third-order valence-corrected chi connectivity index (χ3v) is 3.07. The molecule has 0 bridgehead atoms. The molecule has 0 unspecified atom stereocenters. The number of carbonyl (C=O) groups is 1. The average molecular weight is 223 g/mol. The van der Waals surface area contributed by atoms with Crippen molar-refractivity contribution < 1.29 is 4.79 Å². The van der Waals surface area contributed by atoms with Crippen LogP contribution in [0.15, 0.2) is 18.2 Å². The molecule has 0 aliphatic heterocycles. The van der Waals surface area contributed by atoms with Crippen molar-refractivity contribution in [3.8, 4) is 0 Å². The SMILES string of the molecule is CNC(=O)CSCc1cc(C)cc(C)c1. The lowest BCUT2D eigenvalue weighted by Gasteiger charge is -2.04. The molecule has 0 saturated carbocycles. The molecule has 1 aromatic carbocycles. The van der Waals surface area contributed by atoms with Crippen molar-refractivity contribution in [3.05, 3.63) is 34.9 Å². The van der Waals surface area contributed by atoms with E-state index < -0.39 is 0 Å². The van der Waals surface area contributed by atoms with E-state index in [-0.39, 0.29) is 5.91 Å². The number of aryl methyl sites for hydroxylation is 2. The molecule has 0 aromatic heterocycles. The lowest BCUT2D eigenvalue weighted by Crippen LogP contribution is -2.19. The molecule has 0 spiro atoms. The molecule has 1 rings (SSSR count). The number of nitrogens with one attached hydrogen (secondary N) is 1. The Morgan fingerprint density at radius 1 is 1.27 bits per heavy atom. The lowest BCUT2D eigenvalue weighted by molar-refractivity contribution is -0.118. The van der Waals surface area contributed by atoms with Crippen LogP contribution in [-0.2, 0) is 10.5 Å². The zero-order valence-electron chi connectivity index (χ0n) is 9.46. The highest BCUT2D eigenvalue weighted by atomic mass is 32.2. The fourth-order valence-electron chi connectivity index (χ4n) is 1.49. The average Bonchev–Trinajstić information content (AvgIpc) is 2.16. The van der Waals surface area contributed by atoms with Crippen molar-refractivity contribution in [2.24, 2.45) is 0 Å². The van der Waals surface area contributed by atoms with E-state index in [0.29, 0.717) is 5.75 Å². The van der Waals surface area contributed by atoms with E-state index in [2.05, 4.69) is 37.4 Å². The van der Waals surface area contributed by atoms with Crippen molar-refractivity contribution in [1.29, 1.82) is 0 Å². The highest BCUT2D eigenvalue weighted by Crippen LogP contribution is 2.15. The van der Waals surface area contributed by atoms with E-state index in [0.717, 1.165) is 5.75 Å². The largest absolute Gasteiger partial charge is 0.358 e. The summed E-state index contributed by atoms with van der Waals surface area (Å²) >= 11 is 1.64. The second kappa shape index (κ2) is 5.81. The Bertz CT molecular complexity index is 329. The summed E-state index contributed by atoms with van der Waals surface area (Å²) in [4.78, 5) is 11.0. The first-order valence-corrected chi connectivity index (χ1v) is 6.13. The summed E-state index contributed by atoms with van der Waals surface area (Å²) < 4.78 is 0. The van der Waals surface area contributed by atoms with Crippen molar-refractivity contribution in [2.45, 2.75) is 19.6 Å². The monoisotopic (exact) mass is 223 g/mol. The second-order valence-electron chi connectivity index (χ2n) is 3.66. The number of thioether (sulfide) groups is 1. The third kappa shape index (κ3) is 4.38. The number of hydrogen-bond acceptors (Lipinski definition) is 2. The molecular formula is C12H17NOS. The molecule has 0 heterocycles. The van der Waals surface area contributed by atoms with Crippen LogP contribution in [0.5, 0.6) is 0 Å². The zero-order chi connectivity index (χ0) is 11.3. The van der Waals surface area contributed by atoms with Crippen LogP contribution in [0.2, 0.25) is 0 Å². The second-order valence-corrected chi connectivity index (χ2v) is 4.65. The van der Waals surface area contributed by atoms with Gasteiger partial charge >= 0.3 is 0 Å². The Hall–Kier alpha value is -0.960. The summed E-state index contributed by atoms with van der Waals surface area (Å²) in [7, 11) is 1.67. The van der Waals surface area contributed by atoms with Crippen LogP contribution < -0.4 is 5.32 Å². The summed E-state index contributed by atoms with van der Waals surface area (Å²) in [6.45, 7) is 4.19. The van der Waals surface area contributed by atoms with Gasteiger partial charge in [0.05, 0.1) is 5.75 Å². The summed E-state index contributed by atoms with van der Waals surface area (Å²) in [6, 6.07) is 6.50. The van der Waals surface area contributed by atoms with E-state index in [1.807, 2.05) is 0 Å². The minimum absolute atomic E-state index is 0.0874. The first kappa shape index (κ1) is 12.1. The van der Waals surface area contributed by atoms with E-state index in [4.69, 9.17) is 0 Å². The molecule has 0 fully saturated rings. The van der Waals surface area contributed by atoms with E-state index in [9.17, 15) is 4.79 Å². The van der Waals surface area contributed by atoms with Gasteiger partial charge < -0.3 is 5.32 Å². The Morgan fingerprint density at radius 3 is 2.40 bits per heavy atom. The van der Waals surface area contributed by atoms with Gasteiger partial charge in [-0.2, -0.15) is 0 Å². The van der Waals surface area contributed by atoms with Crippen molar-refractivity contribution in [1.82, 2.24) is 5.32 Å². The van der Waals surface area contributed by atoms with Crippen molar-refractivity contribution in [2.75, 3.05) is 12.8 Å². The number of amides is 1. The summed E-state index contributed by atoms with van der Waals surface area (Å²) in [5, 5.41) is 2.61. The number of rotatable bonds is 4. The Kier molecular flexibility index (Phi) is 4.69. The van der Waals surface area contributed by atoms with Crippen LogP contribution in [0.1, 0.15) is 16.7 Å². The molecule has 0 saturated heterocycles. The lowest BCUT2D eigenvalue weighted by atomic mass is 10.1. The van der Waals surface area contributed by atoms with Crippen molar-refractivity contribution >= 4 is 17.7 Å². The molecule has 3 heteroatoms. The van der Waals surface area contributed by atoms with Gasteiger partial charge in [0.1, 0.15) is 0 Å². The van der Waals surface area contributed by atoms with Gasteiger partial charge in [-0.15, -0.1) is 11.8 Å². The van der Waals surface area contributed by atoms with Gasteiger partial charge in [0.25, 0.3) is 0 Å². The first-order chi connectivity index (χ1) is 7.11. The van der Waals surface area contributed by atoms with Gasteiger partial charge in [-0.25, -0.2) is 0 Å². The van der Waals surface area contributed by atoms with Crippen LogP contribution in [0.25, 0.3) is 0 Å². The number of benzene rings is 1. The summed E-state index contributed by atoms with van der Waals surface area (Å²) in [6.07, 6.45) is 0. The maximum Gasteiger partial charge on any atom is 0.229 e. The Balaban J connectivity index is 2.47. The molecule has 1 N–H and O–H groups in total. The molecule has 0 aliphatic rings. The van der Waals surface area contributed by atoms with Gasteiger partial charge in [-0.3, -0.25) is 4.79 Å². The van der Waals surface area contributed by atoms with Crippen LogP contribution in [0.4, 0.5) is 0 Å². The summed E-state index contributed by atoms with van der Waals surface area (Å²) in [5.41, 5.74) is 3.86. The molecular weight excluding hydrogens is 206 g/mol. The molecule has 0 aliphatic carbocycles. The molecule has 0 atom stereocenters. The number of hydrogen-bond donors (Lipinski definition) is 1. The standard InChI is InChI=1S/C12H17NOS/c1-9-4-10(2)6-11(5-9)7-15-8-12(14)13-3/h4-6H,7-8H2,1-3H3,(H,13,14). The fraction of sp³-hybridized carbons (Fsp3) is 0.417. The van der Waals surface area contributed by atoms with Crippen LogP contribution in [0, 0.1) is 13.8 Å². The zero-order valence-corrected chi connectivity index (χ0v) is 10.3. The van der Waals surface area contributed by atoms with Gasteiger partial charge in [-0.05, 0) is 19.4 Å². The van der Waals surface area contributed by atoms with E-state index >= 15 is 0 Å². The van der Waals surface area contributed by atoms with Gasteiger partial charge in [0, 0.05) is 12.8 Å². The maximum absolute atomic E-state index is 11.0. The normalized spacial score (nSPS) is 10.1. The van der Waals surface area contributed by atoms with Gasteiger partial charge in [0.2, 0.25) is 5.91 Å². The predicted octanol–water partition coefficient (Wildman–Crippen LogP) is 2.28. The van der Waals surface area contributed by atoms with Crippen molar-refractivity contribution in [3.63, 3.8) is 0 Å². The Morgan fingerprint density at radius 2 is 1.87 bits per heavy atom. The van der Waals surface area contributed by atoms with E-state index in [1.54, 1.807) is 18.8 Å². The van der Waals surface area contributed by atoms with Crippen LogP contribution >= 0.6 is 11.8 Å². The fourth-order valence-corrected chi connectivity index (χ4v) is 2.32. The number of carbonyl (C=O) groups excluding carboxylic acids is 1. The molecule has 82 valence electrons. The van der Waals surface area contributed by atoms with Gasteiger partial charge in [0.15, 0.2) is 0 Å². The maximum atomic E-state index is 11.0. The van der Waals surface area contributed by atoms with Crippen LogP contribution in [-0.4, -0.2) is 18.7 Å². The van der Waals surface area contributed by atoms with Gasteiger partial charge in [-0.1, -0.05) is 29.3 Å². The molecule has 2 nitrogen and oxygen atoms in total. The van der Waals surface area contributed by atoms with E-state index in [1.165, 1.54) is 16.7 Å². The molecule has 1 amide bonds. The van der Waals surface area contributed by atoms with Crippen LogP contribution in [0.3, 0.4) is 0 Å². The topological polar surface area (TPSA) is 29.1 Å². The molecule has 15 heavy (non-hydrogen) atoms. The molecule has 0 radical (unpaired) electrons. The minimum Gasteiger partial charge on any atom is -0.358 e. The highest BCUT2D eigenvalue weighted by Gasteiger charge is 2.00. The smallest absolute Gasteiger partial charge is 0.229 e.